The summed E-state index contributed by atoms with van der Waals surface area (Å²) < 4.78 is 0. The van der Waals surface area contributed by atoms with Crippen LogP contribution in [0.25, 0.3) is 0 Å². The van der Waals surface area contributed by atoms with E-state index in [1.807, 2.05) is 0 Å². The Morgan fingerprint density at radius 2 is 1.68 bits per heavy atom. The Labute approximate surface area is 173 Å². The first kappa shape index (κ1) is 21.8. The van der Waals surface area contributed by atoms with Crippen molar-refractivity contribution in [2.75, 3.05) is 0 Å². The zero-order chi connectivity index (χ0) is 20.4. The normalized spacial score (nSPS) is 36.5. The molecule has 2 nitrogen and oxygen atoms in total. The Hall–Kier alpha value is -0.860. The van der Waals surface area contributed by atoms with Crippen molar-refractivity contribution < 1.29 is 5.11 Å². The molecule has 2 heteroatoms. The van der Waals surface area contributed by atoms with Gasteiger partial charge in [0.05, 0.1) is 6.10 Å². The van der Waals surface area contributed by atoms with Gasteiger partial charge in [0, 0.05) is 18.0 Å². The maximum atomic E-state index is 11.4. The molecule has 1 aromatic rings. The number of hydrogen-bond donors (Lipinski definition) is 2. The van der Waals surface area contributed by atoms with Crippen molar-refractivity contribution in [3.8, 4) is 0 Å². The SMILES string of the molecule is CC(C)CCC[C@@H](C)[C@H]1CC[C@@]2(C)[C@@H](O)[C@@H](NCc3ccccc3)CC[C@]12C. The predicted molar refractivity (Wildman–Crippen MR) is 119 cm³/mol. The molecule has 0 radical (unpaired) electrons. The largest absolute Gasteiger partial charge is 0.391 e. The molecule has 3 rings (SSSR count). The fourth-order valence-electron chi connectivity index (χ4n) is 6.52. The lowest BCUT2D eigenvalue weighted by Gasteiger charge is -2.55. The number of hydrogen-bond acceptors (Lipinski definition) is 2. The number of aliphatic hydroxyl groups excluding tert-OH is 1. The molecule has 0 heterocycles. The molecule has 2 N–H and O–H groups in total. The molecule has 2 aliphatic rings. The van der Waals surface area contributed by atoms with Crippen LogP contribution >= 0.6 is 0 Å². The van der Waals surface area contributed by atoms with Gasteiger partial charge in [0.15, 0.2) is 0 Å². The molecular weight excluding hydrogens is 342 g/mol. The van der Waals surface area contributed by atoms with Gasteiger partial charge in [-0.15, -0.1) is 0 Å². The van der Waals surface area contributed by atoms with E-state index in [1.165, 1.54) is 44.1 Å². The summed E-state index contributed by atoms with van der Waals surface area (Å²) in [5, 5.41) is 15.1. The van der Waals surface area contributed by atoms with Gasteiger partial charge in [-0.3, -0.25) is 0 Å². The highest BCUT2D eigenvalue weighted by molar-refractivity contribution is 5.16. The lowest BCUT2D eigenvalue weighted by molar-refractivity contribution is -0.113. The second-order valence-electron chi connectivity index (χ2n) is 10.7. The molecule has 0 unspecified atom stereocenters. The monoisotopic (exact) mass is 385 g/mol. The zero-order valence-electron chi connectivity index (χ0n) is 18.9. The van der Waals surface area contributed by atoms with E-state index in [9.17, 15) is 5.11 Å². The van der Waals surface area contributed by atoms with Crippen LogP contribution in [0.15, 0.2) is 30.3 Å². The van der Waals surface area contributed by atoms with Crippen LogP contribution in [0.4, 0.5) is 0 Å². The number of rotatable bonds is 8. The third kappa shape index (κ3) is 4.19. The van der Waals surface area contributed by atoms with Crippen LogP contribution in [-0.4, -0.2) is 17.3 Å². The second-order valence-corrected chi connectivity index (χ2v) is 10.7. The minimum absolute atomic E-state index is 0.0383. The van der Waals surface area contributed by atoms with Gasteiger partial charge in [-0.2, -0.15) is 0 Å². The van der Waals surface area contributed by atoms with Gasteiger partial charge in [-0.05, 0) is 54.4 Å². The van der Waals surface area contributed by atoms with E-state index < -0.39 is 0 Å². The molecule has 2 saturated carbocycles. The summed E-state index contributed by atoms with van der Waals surface area (Å²) in [7, 11) is 0. The van der Waals surface area contributed by atoms with Crippen LogP contribution in [0.3, 0.4) is 0 Å². The summed E-state index contributed by atoms with van der Waals surface area (Å²) in [5.41, 5.74) is 1.61. The molecule has 0 aliphatic heterocycles. The van der Waals surface area contributed by atoms with E-state index in [4.69, 9.17) is 0 Å². The Bertz CT molecular complexity index is 614. The highest BCUT2D eigenvalue weighted by Gasteiger charge is 2.61. The van der Waals surface area contributed by atoms with Crippen molar-refractivity contribution in [1.29, 1.82) is 0 Å². The van der Waals surface area contributed by atoms with Crippen molar-refractivity contribution in [1.82, 2.24) is 5.32 Å². The molecule has 2 fully saturated rings. The minimum atomic E-state index is -0.247. The van der Waals surface area contributed by atoms with E-state index in [-0.39, 0.29) is 23.0 Å². The number of benzene rings is 1. The fourth-order valence-corrected chi connectivity index (χ4v) is 6.52. The molecule has 0 bridgehead atoms. The second kappa shape index (κ2) is 8.88. The van der Waals surface area contributed by atoms with Crippen LogP contribution in [-0.2, 0) is 6.54 Å². The number of nitrogens with one attached hydrogen (secondary N) is 1. The van der Waals surface area contributed by atoms with Gasteiger partial charge in [-0.25, -0.2) is 0 Å². The van der Waals surface area contributed by atoms with Crippen molar-refractivity contribution in [2.45, 2.75) is 98.3 Å². The summed E-state index contributed by atoms with van der Waals surface area (Å²) in [6.45, 7) is 12.9. The van der Waals surface area contributed by atoms with Gasteiger partial charge in [-0.1, -0.05) is 84.2 Å². The molecule has 28 heavy (non-hydrogen) atoms. The van der Waals surface area contributed by atoms with E-state index in [0.717, 1.165) is 30.7 Å². The first-order valence-corrected chi connectivity index (χ1v) is 11.7. The van der Waals surface area contributed by atoms with Gasteiger partial charge in [0.1, 0.15) is 0 Å². The van der Waals surface area contributed by atoms with E-state index in [0.29, 0.717) is 0 Å². The molecule has 158 valence electrons. The Morgan fingerprint density at radius 3 is 2.36 bits per heavy atom. The van der Waals surface area contributed by atoms with Gasteiger partial charge in [0.25, 0.3) is 0 Å². The summed E-state index contributed by atoms with van der Waals surface area (Å²) in [5.74, 6) is 2.34. The fraction of sp³-hybridized carbons (Fsp3) is 0.769. The van der Waals surface area contributed by atoms with Gasteiger partial charge in [0.2, 0.25) is 0 Å². The standard InChI is InChI=1S/C26H43NO/c1-19(2)10-9-11-20(3)22-14-16-26(5)24(28)23(15-17-25(22,26)4)27-18-21-12-7-6-8-13-21/h6-8,12-13,19-20,22-24,27-28H,9-11,14-18H2,1-5H3/t20-,22-,23+,24+,25-,26+/m1/s1. The number of aliphatic hydroxyl groups is 1. The molecule has 0 spiro atoms. The molecule has 2 aliphatic carbocycles. The van der Waals surface area contributed by atoms with E-state index in [1.54, 1.807) is 0 Å². The number of fused-ring (bicyclic) bond motifs is 1. The third-order valence-corrected chi connectivity index (χ3v) is 8.65. The smallest absolute Gasteiger partial charge is 0.0752 e. The van der Waals surface area contributed by atoms with Crippen molar-refractivity contribution in [2.24, 2.45) is 28.6 Å². The summed E-state index contributed by atoms with van der Waals surface area (Å²) in [6.07, 6.45) is 8.60. The van der Waals surface area contributed by atoms with Crippen molar-refractivity contribution in [3.63, 3.8) is 0 Å². The van der Waals surface area contributed by atoms with Crippen LogP contribution in [0.1, 0.15) is 85.1 Å². The van der Waals surface area contributed by atoms with Gasteiger partial charge < -0.3 is 10.4 Å². The molecule has 0 aromatic heterocycles. The Balaban J connectivity index is 1.63. The van der Waals surface area contributed by atoms with Crippen LogP contribution < -0.4 is 5.32 Å². The average molecular weight is 386 g/mol. The summed E-state index contributed by atoms with van der Waals surface area (Å²) in [6, 6.07) is 10.8. The lowest BCUT2D eigenvalue weighted by atomic mass is 9.53. The quantitative estimate of drug-likeness (QED) is 0.559. The highest BCUT2D eigenvalue weighted by Crippen LogP contribution is 2.65. The Morgan fingerprint density at radius 1 is 1.00 bits per heavy atom. The maximum absolute atomic E-state index is 11.4. The van der Waals surface area contributed by atoms with Gasteiger partial charge >= 0.3 is 0 Å². The summed E-state index contributed by atoms with van der Waals surface area (Å²) >= 11 is 0. The van der Waals surface area contributed by atoms with Crippen LogP contribution in [0.2, 0.25) is 0 Å². The van der Waals surface area contributed by atoms with E-state index in [2.05, 4.69) is 70.3 Å². The lowest BCUT2D eigenvalue weighted by Crippen LogP contribution is -2.58. The first-order chi connectivity index (χ1) is 13.3. The topological polar surface area (TPSA) is 32.3 Å². The maximum Gasteiger partial charge on any atom is 0.0752 e. The zero-order valence-corrected chi connectivity index (χ0v) is 18.9. The van der Waals surface area contributed by atoms with Crippen LogP contribution in [0, 0.1) is 28.6 Å². The van der Waals surface area contributed by atoms with E-state index >= 15 is 0 Å². The molecule has 1 aromatic carbocycles. The first-order valence-electron chi connectivity index (χ1n) is 11.7. The highest BCUT2D eigenvalue weighted by atomic mass is 16.3. The molecule has 0 amide bonds. The molecule has 6 atom stereocenters. The predicted octanol–water partition coefficient (Wildman–Crippen LogP) is 6.18. The molecule has 0 saturated heterocycles. The van der Waals surface area contributed by atoms with Crippen molar-refractivity contribution in [3.05, 3.63) is 35.9 Å². The van der Waals surface area contributed by atoms with Crippen LogP contribution in [0.5, 0.6) is 0 Å². The third-order valence-electron chi connectivity index (χ3n) is 8.65. The average Bonchev–Trinajstić information content (AvgIpc) is 2.95. The molecular formula is C26H43NO. The Kier molecular flexibility index (Phi) is 6.92. The summed E-state index contributed by atoms with van der Waals surface area (Å²) in [4.78, 5) is 0. The minimum Gasteiger partial charge on any atom is -0.391 e. The van der Waals surface area contributed by atoms with Crippen molar-refractivity contribution >= 4 is 0 Å².